The minimum Gasteiger partial charge on any atom is -0.465 e. The van der Waals surface area contributed by atoms with Gasteiger partial charge >= 0.3 is 5.97 Å². The van der Waals surface area contributed by atoms with Gasteiger partial charge in [0.05, 0.1) is 12.7 Å². The minimum absolute atomic E-state index is 0.319. The summed E-state index contributed by atoms with van der Waals surface area (Å²) in [6.45, 7) is 1.80. The van der Waals surface area contributed by atoms with Crippen LogP contribution in [0, 0.1) is 12.3 Å². The molecule has 0 heterocycles. The van der Waals surface area contributed by atoms with Crippen LogP contribution in [0.5, 0.6) is 0 Å². The molecule has 1 aliphatic carbocycles. The molecule has 7 heteroatoms. The average Bonchev–Trinajstić information content (AvgIpc) is 3.47. The fraction of sp³-hybridized carbons (Fsp3) is 0.250. The van der Waals surface area contributed by atoms with Crippen LogP contribution >= 0.6 is 11.6 Å². The van der Waals surface area contributed by atoms with Gasteiger partial charge in [0.15, 0.2) is 0 Å². The number of ether oxygens (including phenoxy) is 1. The molecule has 2 amide bonds. The van der Waals surface area contributed by atoms with E-state index in [0.29, 0.717) is 34.8 Å². The molecule has 6 nitrogen and oxygen atoms in total. The number of hydrogen-bond acceptors (Lipinski definition) is 4. The first-order valence-electron chi connectivity index (χ1n) is 8.44. The first-order valence-corrected chi connectivity index (χ1v) is 8.81. The molecule has 0 spiro atoms. The van der Waals surface area contributed by atoms with E-state index in [0.717, 1.165) is 5.56 Å². The number of nitrogens with one attached hydrogen (secondary N) is 2. The summed E-state index contributed by atoms with van der Waals surface area (Å²) in [5.74, 6) is -1.27. The molecule has 0 radical (unpaired) electrons. The number of esters is 1. The van der Waals surface area contributed by atoms with Crippen LogP contribution in [0.3, 0.4) is 0 Å². The topological polar surface area (TPSA) is 84.5 Å². The first kappa shape index (κ1) is 18.9. The molecule has 0 aliphatic heterocycles. The van der Waals surface area contributed by atoms with Crippen molar-refractivity contribution in [3.63, 3.8) is 0 Å². The number of hydrogen-bond donors (Lipinski definition) is 2. The number of carbonyl (C=O) groups excluding carboxylic acids is 3. The quantitative estimate of drug-likeness (QED) is 0.604. The zero-order valence-corrected chi connectivity index (χ0v) is 15.7. The van der Waals surface area contributed by atoms with Gasteiger partial charge in [-0.2, -0.15) is 0 Å². The lowest BCUT2D eigenvalue weighted by atomic mass is 10.0. The van der Waals surface area contributed by atoms with Gasteiger partial charge in [0.25, 0.3) is 0 Å². The van der Waals surface area contributed by atoms with E-state index in [1.807, 2.05) is 0 Å². The molecule has 140 valence electrons. The number of halogens is 1. The Morgan fingerprint density at radius 2 is 1.70 bits per heavy atom. The Kier molecular flexibility index (Phi) is 5.19. The van der Waals surface area contributed by atoms with Crippen LogP contribution in [0.15, 0.2) is 42.5 Å². The van der Waals surface area contributed by atoms with Crippen LogP contribution in [-0.2, 0) is 14.3 Å². The Morgan fingerprint density at radius 1 is 1.04 bits per heavy atom. The number of carbonyl (C=O) groups is 3. The second-order valence-electron chi connectivity index (χ2n) is 6.48. The molecular formula is C20H19ClN2O4. The highest BCUT2D eigenvalue weighted by Crippen LogP contribution is 2.47. The molecule has 1 aliphatic rings. The smallest absolute Gasteiger partial charge is 0.337 e. The van der Waals surface area contributed by atoms with E-state index < -0.39 is 17.3 Å². The number of methoxy groups -OCH3 is 1. The van der Waals surface area contributed by atoms with Crippen molar-refractivity contribution in [2.45, 2.75) is 19.8 Å². The molecule has 3 rings (SSSR count). The van der Waals surface area contributed by atoms with E-state index in [2.05, 4.69) is 15.4 Å². The van der Waals surface area contributed by atoms with Gasteiger partial charge in [0, 0.05) is 16.4 Å². The SMILES string of the molecule is COC(=O)c1cccc(NC(=O)C2(C(=O)Nc3cccc(Cl)c3C)CC2)c1. The summed E-state index contributed by atoms with van der Waals surface area (Å²) in [5.41, 5.74) is 0.963. The maximum atomic E-state index is 12.7. The lowest BCUT2D eigenvalue weighted by Gasteiger charge is -2.17. The van der Waals surface area contributed by atoms with Gasteiger partial charge in [-0.3, -0.25) is 9.59 Å². The van der Waals surface area contributed by atoms with Crippen molar-refractivity contribution in [3.05, 3.63) is 58.6 Å². The Morgan fingerprint density at radius 3 is 2.37 bits per heavy atom. The van der Waals surface area contributed by atoms with E-state index in [1.54, 1.807) is 43.3 Å². The summed E-state index contributed by atoms with van der Waals surface area (Å²) in [4.78, 5) is 37.1. The molecule has 2 aromatic rings. The van der Waals surface area contributed by atoms with Gasteiger partial charge in [0.2, 0.25) is 11.8 Å². The summed E-state index contributed by atoms with van der Waals surface area (Å²) in [6, 6.07) is 11.6. The van der Waals surface area contributed by atoms with Crippen LogP contribution in [-0.4, -0.2) is 24.9 Å². The predicted octanol–water partition coefficient (Wildman–Crippen LogP) is 3.79. The van der Waals surface area contributed by atoms with E-state index in [9.17, 15) is 14.4 Å². The molecule has 2 N–H and O–H groups in total. The van der Waals surface area contributed by atoms with E-state index in [1.165, 1.54) is 13.2 Å². The van der Waals surface area contributed by atoms with Crippen LogP contribution in [0.4, 0.5) is 11.4 Å². The van der Waals surface area contributed by atoms with Crippen LogP contribution in [0.2, 0.25) is 5.02 Å². The number of rotatable bonds is 5. The van der Waals surface area contributed by atoms with E-state index in [4.69, 9.17) is 11.6 Å². The maximum absolute atomic E-state index is 12.7. The third-order valence-electron chi connectivity index (χ3n) is 4.68. The van der Waals surface area contributed by atoms with Gasteiger partial charge in [-0.25, -0.2) is 4.79 Å². The third kappa shape index (κ3) is 3.80. The highest BCUT2D eigenvalue weighted by molar-refractivity contribution is 6.31. The summed E-state index contributed by atoms with van der Waals surface area (Å²) in [5, 5.41) is 6.07. The minimum atomic E-state index is -1.12. The fourth-order valence-corrected chi connectivity index (χ4v) is 2.93. The van der Waals surface area contributed by atoms with Crippen molar-refractivity contribution >= 4 is 40.8 Å². The molecule has 0 bridgehead atoms. The van der Waals surface area contributed by atoms with Gasteiger partial charge in [-0.15, -0.1) is 0 Å². The van der Waals surface area contributed by atoms with Gasteiger partial charge < -0.3 is 15.4 Å². The van der Waals surface area contributed by atoms with Crippen LogP contribution in [0.1, 0.15) is 28.8 Å². The number of benzene rings is 2. The summed E-state index contributed by atoms with van der Waals surface area (Å²) in [7, 11) is 1.29. The monoisotopic (exact) mass is 386 g/mol. The largest absolute Gasteiger partial charge is 0.465 e. The lowest BCUT2D eigenvalue weighted by molar-refractivity contribution is -0.131. The molecule has 0 unspecified atom stereocenters. The first-order chi connectivity index (χ1) is 12.9. The molecule has 2 aromatic carbocycles. The molecule has 27 heavy (non-hydrogen) atoms. The van der Waals surface area contributed by atoms with Gasteiger partial charge in [-0.05, 0) is 55.7 Å². The average molecular weight is 387 g/mol. The zero-order valence-electron chi connectivity index (χ0n) is 15.0. The van der Waals surface area contributed by atoms with Crippen LogP contribution < -0.4 is 10.6 Å². The third-order valence-corrected chi connectivity index (χ3v) is 5.09. The van der Waals surface area contributed by atoms with E-state index >= 15 is 0 Å². The van der Waals surface area contributed by atoms with Crippen molar-refractivity contribution in [3.8, 4) is 0 Å². The molecule has 0 aromatic heterocycles. The standard InChI is InChI=1S/C20H19ClN2O4/c1-12-15(21)7-4-8-16(12)23-19(26)20(9-10-20)18(25)22-14-6-3-5-13(11-14)17(24)27-2/h3-8,11H,9-10H2,1-2H3,(H,22,25)(H,23,26). The maximum Gasteiger partial charge on any atom is 0.337 e. The van der Waals surface area contributed by atoms with Gasteiger partial charge in [-0.1, -0.05) is 23.7 Å². The molecule has 1 fully saturated rings. The molecule has 0 atom stereocenters. The normalized spacial score (nSPS) is 14.2. The molecular weight excluding hydrogens is 368 g/mol. The van der Waals surface area contributed by atoms with Crippen molar-refractivity contribution in [2.75, 3.05) is 17.7 Å². The van der Waals surface area contributed by atoms with Crippen molar-refractivity contribution < 1.29 is 19.1 Å². The van der Waals surface area contributed by atoms with Gasteiger partial charge in [0.1, 0.15) is 5.41 Å². The highest BCUT2D eigenvalue weighted by Gasteiger charge is 2.56. The van der Waals surface area contributed by atoms with Crippen molar-refractivity contribution in [2.24, 2.45) is 5.41 Å². The summed E-state index contributed by atoms with van der Waals surface area (Å²) in [6.07, 6.45) is 0.919. The summed E-state index contributed by atoms with van der Waals surface area (Å²) >= 11 is 6.08. The fourth-order valence-electron chi connectivity index (χ4n) is 2.76. The predicted molar refractivity (Wildman–Crippen MR) is 103 cm³/mol. The second kappa shape index (κ2) is 7.40. The summed E-state index contributed by atoms with van der Waals surface area (Å²) < 4.78 is 4.67. The number of amides is 2. The Balaban J connectivity index is 1.73. The molecule has 1 saturated carbocycles. The second-order valence-corrected chi connectivity index (χ2v) is 6.88. The Hall–Kier alpha value is -2.86. The van der Waals surface area contributed by atoms with Crippen LogP contribution in [0.25, 0.3) is 0 Å². The Labute approximate surface area is 161 Å². The molecule has 0 saturated heterocycles. The number of anilines is 2. The van der Waals surface area contributed by atoms with Crippen molar-refractivity contribution in [1.29, 1.82) is 0 Å². The lowest BCUT2D eigenvalue weighted by Crippen LogP contribution is -2.35. The zero-order chi connectivity index (χ0) is 19.6. The highest BCUT2D eigenvalue weighted by atomic mass is 35.5. The van der Waals surface area contributed by atoms with Crippen molar-refractivity contribution in [1.82, 2.24) is 0 Å². The Bertz CT molecular complexity index is 922. The van der Waals surface area contributed by atoms with E-state index in [-0.39, 0.29) is 5.91 Å².